The van der Waals surface area contributed by atoms with Crippen LogP contribution < -0.4 is 5.56 Å². The number of hydrogen-bond donors (Lipinski definition) is 2. The van der Waals surface area contributed by atoms with E-state index in [1.807, 2.05) is 6.92 Å². The van der Waals surface area contributed by atoms with E-state index >= 15 is 0 Å². The van der Waals surface area contributed by atoms with Crippen LogP contribution in [-0.4, -0.2) is 15.0 Å². The van der Waals surface area contributed by atoms with E-state index in [0.29, 0.717) is 0 Å². The molecule has 0 amide bonds. The van der Waals surface area contributed by atoms with E-state index in [0.717, 1.165) is 23.3 Å². The predicted molar refractivity (Wildman–Crippen MR) is 46.1 cm³/mol. The van der Waals surface area contributed by atoms with E-state index in [1.54, 1.807) is 6.20 Å². The lowest BCUT2D eigenvalue weighted by Gasteiger charge is -1.83. The number of nitrogens with zero attached hydrogens (tertiary/aromatic N) is 1. The van der Waals surface area contributed by atoms with Crippen LogP contribution in [0.1, 0.15) is 12.7 Å². The number of aryl methyl sites for hydroxylation is 1. The minimum atomic E-state index is -0.114. The van der Waals surface area contributed by atoms with E-state index < -0.39 is 0 Å². The normalized spacial score (nSPS) is 10.8. The lowest BCUT2D eigenvalue weighted by atomic mass is 10.4. The van der Waals surface area contributed by atoms with Gasteiger partial charge >= 0.3 is 0 Å². The van der Waals surface area contributed by atoms with Crippen molar-refractivity contribution in [2.24, 2.45) is 0 Å². The van der Waals surface area contributed by atoms with Gasteiger partial charge in [-0.15, -0.1) is 0 Å². The number of aromatic nitrogens is 3. The Bertz CT molecular complexity index is 455. The van der Waals surface area contributed by atoms with Crippen molar-refractivity contribution >= 4 is 11.0 Å². The van der Waals surface area contributed by atoms with Crippen LogP contribution in [0.15, 0.2) is 17.1 Å². The maximum Gasteiger partial charge on any atom is 0.250 e. The van der Waals surface area contributed by atoms with Gasteiger partial charge < -0.3 is 9.97 Å². The number of aromatic amines is 2. The molecule has 12 heavy (non-hydrogen) atoms. The Labute approximate surface area is 68.7 Å². The van der Waals surface area contributed by atoms with Crippen LogP contribution in [-0.2, 0) is 6.42 Å². The van der Waals surface area contributed by atoms with Gasteiger partial charge in [0.25, 0.3) is 0 Å². The minimum Gasteiger partial charge on any atom is -0.341 e. The maximum atomic E-state index is 10.9. The van der Waals surface area contributed by atoms with Crippen molar-refractivity contribution in [3.05, 3.63) is 28.4 Å². The molecule has 0 aliphatic carbocycles. The molecule has 0 fully saturated rings. The summed E-state index contributed by atoms with van der Waals surface area (Å²) in [5.41, 5.74) is 1.50. The Morgan fingerprint density at radius 2 is 2.42 bits per heavy atom. The van der Waals surface area contributed by atoms with Gasteiger partial charge in [-0.2, -0.15) is 0 Å². The number of fused-ring (bicyclic) bond motifs is 1. The summed E-state index contributed by atoms with van der Waals surface area (Å²) >= 11 is 0. The second kappa shape index (κ2) is 2.48. The molecule has 0 atom stereocenters. The van der Waals surface area contributed by atoms with E-state index in [9.17, 15) is 4.79 Å². The molecular formula is C8H9N3O. The first-order chi connectivity index (χ1) is 5.79. The van der Waals surface area contributed by atoms with Crippen molar-refractivity contribution in [3.8, 4) is 0 Å². The highest BCUT2D eigenvalue weighted by atomic mass is 16.1. The second-order valence-electron chi connectivity index (χ2n) is 2.63. The SMILES string of the molecule is CCc1nc2cc(=O)[nH]cc2[nH]1. The highest BCUT2D eigenvalue weighted by Gasteiger charge is 1.99. The molecule has 4 heteroatoms. The highest BCUT2D eigenvalue weighted by molar-refractivity contribution is 5.73. The van der Waals surface area contributed by atoms with Gasteiger partial charge in [-0.25, -0.2) is 4.98 Å². The molecule has 2 aromatic rings. The first-order valence-electron chi connectivity index (χ1n) is 3.87. The zero-order valence-corrected chi connectivity index (χ0v) is 6.72. The second-order valence-corrected chi connectivity index (χ2v) is 2.63. The van der Waals surface area contributed by atoms with Crippen molar-refractivity contribution in [1.82, 2.24) is 15.0 Å². The molecule has 2 heterocycles. The van der Waals surface area contributed by atoms with Crippen LogP contribution in [0.2, 0.25) is 0 Å². The summed E-state index contributed by atoms with van der Waals surface area (Å²) < 4.78 is 0. The highest BCUT2D eigenvalue weighted by Crippen LogP contribution is 2.06. The number of nitrogens with one attached hydrogen (secondary N) is 2. The molecule has 2 N–H and O–H groups in total. The molecule has 0 bridgehead atoms. The largest absolute Gasteiger partial charge is 0.341 e. The van der Waals surface area contributed by atoms with E-state index in [1.165, 1.54) is 6.07 Å². The third-order valence-electron chi connectivity index (χ3n) is 1.77. The molecule has 0 aliphatic heterocycles. The third kappa shape index (κ3) is 1.01. The number of imidazole rings is 1. The molecule has 0 unspecified atom stereocenters. The first kappa shape index (κ1) is 7.09. The van der Waals surface area contributed by atoms with E-state index in [-0.39, 0.29) is 5.56 Å². The van der Waals surface area contributed by atoms with Crippen LogP contribution >= 0.6 is 0 Å². The molecule has 0 aliphatic rings. The monoisotopic (exact) mass is 163 g/mol. The molecule has 0 radical (unpaired) electrons. The zero-order chi connectivity index (χ0) is 8.55. The summed E-state index contributed by atoms with van der Waals surface area (Å²) in [6.07, 6.45) is 2.49. The Morgan fingerprint density at radius 3 is 3.17 bits per heavy atom. The lowest BCUT2D eigenvalue weighted by Crippen LogP contribution is -2.00. The Kier molecular flexibility index (Phi) is 1.46. The molecular weight excluding hydrogens is 154 g/mol. The molecule has 62 valence electrons. The van der Waals surface area contributed by atoms with Crippen molar-refractivity contribution < 1.29 is 0 Å². The average molecular weight is 163 g/mol. The van der Waals surface area contributed by atoms with Gasteiger partial charge in [-0.1, -0.05) is 6.92 Å². The van der Waals surface area contributed by atoms with Crippen molar-refractivity contribution in [2.75, 3.05) is 0 Å². The topological polar surface area (TPSA) is 61.5 Å². The lowest BCUT2D eigenvalue weighted by molar-refractivity contribution is 1.00. The molecule has 0 aromatic carbocycles. The fraction of sp³-hybridized carbons (Fsp3) is 0.250. The molecule has 2 aromatic heterocycles. The number of rotatable bonds is 1. The van der Waals surface area contributed by atoms with Crippen molar-refractivity contribution in [1.29, 1.82) is 0 Å². The van der Waals surface area contributed by atoms with Crippen molar-refractivity contribution in [2.45, 2.75) is 13.3 Å². The summed E-state index contributed by atoms with van der Waals surface area (Å²) in [6, 6.07) is 1.49. The number of pyridine rings is 1. The Hall–Kier alpha value is -1.58. The zero-order valence-electron chi connectivity index (χ0n) is 6.72. The van der Waals surface area contributed by atoms with Crippen LogP contribution in [0.5, 0.6) is 0 Å². The molecule has 0 saturated heterocycles. The Balaban J connectivity index is 2.75. The summed E-state index contributed by atoms with van der Waals surface area (Å²) in [5, 5.41) is 0. The molecule has 2 rings (SSSR count). The smallest absolute Gasteiger partial charge is 0.250 e. The average Bonchev–Trinajstić information content (AvgIpc) is 2.46. The maximum absolute atomic E-state index is 10.9. The summed E-state index contributed by atoms with van der Waals surface area (Å²) in [4.78, 5) is 20.8. The van der Waals surface area contributed by atoms with Crippen LogP contribution in [0.4, 0.5) is 0 Å². The fourth-order valence-corrected chi connectivity index (χ4v) is 1.15. The summed E-state index contributed by atoms with van der Waals surface area (Å²) in [5.74, 6) is 0.906. The third-order valence-corrected chi connectivity index (χ3v) is 1.77. The van der Waals surface area contributed by atoms with Crippen LogP contribution in [0, 0.1) is 0 Å². The van der Waals surface area contributed by atoms with E-state index in [2.05, 4.69) is 15.0 Å². The van der Waals surface area contributed by atoms with Crippen LogP contribution in [0.3, 0.4) is 0 Å². The van der Waals surface area contributed by atoms with Gasteiger partial charge in [-0.05, 0) is 0 Å². The van der Waals surface area contributed by atoms with Crippen LogP contribution in [0.25, 0.3) is 11.0 Å². The molecule has 0 saturated carbocycles. The molecule has 4 nitrogen and oxygen atoms in total. The van der Waals surface area contributed by atoms with E-state index in [4.69, 9.17) is 0 Å². The van der Waals surface area contributed by atoms with Gasteiger partial charge in [0.2, 0.25) is 5.56 Å². The van der Waals surface area contributed by atoms with Gasteiger partial charge in [0.1, 0.15) is 5.82 Å². The number of hydrogen-bond acceptors (Lipinski definition) is 2. The first-order valence-corrected chi connectivity index (χ1v) is 3.87. The van der Waals surface area contributed by atoms with Gasteiger partial charge in [-0.3, -0.25) is 4.79 Å². The minimum absolute atomic E-state index is 0.114. The van der Waals surface area contributed by atoms with Gasteiger partial charge in [0.05, 0.1) is 11.0 Å². The predicted octanol–water partition coefficient (Wildman–Crippen LogP) is 0.814. The molecule has 0 spiro atoms. The summed E-state index contributed by atoms with van der Waals surface area (Å²) in [7, 11) is 0. The number of H-pyrrole nitrogens is 2. The van der Waals surface area contributed by atoms with Gasteiger partial charge in [0.15, 0.2) is 0 Å². The Morgan fingerprint density at radius 1 is 1.58 bits per heavy atom. The van der Waals surface area contributed by atoms with Gasteiger partial charge in [0, 0.05) is 18.7 Å². The quantitative estimate of drug-likeness (QED) is 0.653. The standard InChI is InChI=1S/C8H9N3O/c1-2-7-10-5-3-8(12)9-4-6(5)11-7/h3-4H,2H2,1H3,(H,9,12)(H,10,11). The fourth-order valence-electron chi connectivity index (χ4n) is 1.15. The van der Waals surface area contributed by atoms with Crippen molar-refractivity contribution in [3.63, 3.8) is 0 Å². The summed E-state index contributed by atoms with van der Waals surface area (Å²) in [6.45, 7) is 2.01.